The van der Waals surface area contributed by atoms with E-state index in [9.17, 15) is 8.42 Å². The van der Waals surface area contributed by atoms with Crippen LogP contribution in [0, 0.1) is 5.92 Å². The van der Waals surface area contributed by atoms with E-state index in [1.165, 1.54) is 17.1 Å². The number of hydrogen-bond acceptors (Lipinski definition) is 2. The van der Waals surface area contributed by atoms with Gasteiger partial charge in [0.25, 0.3) is 9.24 Å². The lowest BCUT2D eigenvalue weighted by molar-refractivity contribution is 0.265. The molecule has 1 aliphatic heterocycles. The molecule has 1 aliphatic rings. The van der Waals surface area contributed by atoms with Crippen molar-refractivity contribution >= 4 is 19.9 Å². The van der Waals surface area contributed by atoms with E-state index in [4.69, 9.17) is 10.7 Å². The summed E-state index contributed by atoms with van der Waals surface area (Å²) in [7, 11) is 1.78. The molecule has 0 aromatic heterocycles. The standard InChI is InChI=1S/C8H16ClNO2S/c1-2-3-8-4-6-10(7-5-8)13(9,11)12/h8H,2-7H2,1H3. The zero-order chi connectivity index (χ0) is 9.90. The maximum atomic E-state index is 10.9. The molecule has 0 N–H and O–H groups in total. The Morgan fingerprint density at radius 2 is 1.92 bits per heavy atom. The summed E-state index contributed by atoms with van der Waals surface area (Å²) in [6.45, 7) is 3.34. The Balaban J connectivity index is 2.39. The van der Waals surface area contributed by atoms with Crippen molar-refractivity contribution < 1.29 is 8.42 Å². The molecule has 3 nitrogen and oxygen atoms in total. The van der Waals surface area contributed by atoms with Gasteiger partial charge in [-0.05, 0) is 18.8 Å². The number of nitrogens with zero attached hydrogens (tertiary/aromatic N) is 1. The zero-order valence-electron chi connectivity index (χ0n) is 7.87. The topological polar surface area (TPSA) is 37.4 Å². The maximum absolute atomic E-state index is 10.9. The van der Waals surface area contributed by atoms with E-state index in [-0.39, 0.29) is 0 Å². The van der Waals surface area contributed by atoms with Crippen LogP contribution >= 0.6 is 10.7 Å². The molecule has 1 saturated heterocycles. The molecule has 1 fully saturated rings. The van der Waals surface area contributed by atoms with Crippen LogP contribution in [0.4, 0.5) is 0 Å². The highest BCUT2D eigenvalue weighted by molar-refractivity contribution is 8.11. The Morgan fingerprint density at radius 1 is 1.38 bits per heavy atom. The molecule has 1 heterocycles. The number of halogens is 1. The summed E-state index contributed by atoms with van der Waals surface area (Å²) in [4.78, 5) is 0. The Bertz CT molecular complexity index is 245. The minimum atomic E-state index is -3.46. The van der Waals surface area contributed by atoms with Gasteiger partial charge in [0.05, 0.1) is 0 Å². The largest absolute Gasteiger partial charge is 0.299 e. The molecular weight excluding hydrogens is 210 g/mol. The van der Waals surface area contributed by atoms with Gasteiger partial charge in [-0.1, -0.05) is 19.8 Å². The molecule has 0 aromatic rings. The highest BCUT2D eigenvalue weighted by atomic mass is 35.7. The third-order valence-corrected chi connectivity index (χ3v) is 4.15. The third-order valence-electron chi connectivity index (χ3n) is 2.58. The fraction of sp³-hybridized carbons (Fsp3) is 1.00. The van der Waals surface area contributed by atoms with Crippen molar-refractivity contribution in [2.75, 3.05) is 13.1 Å². The van der Waals surface area contributed by atoms with Crippen LogP contribution < -0.4 is 0 Å². The van der Waals surface area contributed by atoms with Crippen molar-refractivity contribution in [3.05, 3.63) is 0 Å². The Labute approximate surface area is 84.6 Å². The third kappa shape index (κ3) is 3.44. The molecule has 0 unspecified atom stereocenters. The molecular formula is C8H16ClNO2S. The molecule has 0 aliphatic carbocycles. The summed E-state index contributed by atoms with van der Waals surface area (Å²) < 4.78 is 23.2. The van der Waals surface area contributed by atoms with Gasteiger partial charge in [0.2, 0.25) is 0 Å². The maximum Gasteiger partial charge on any atom is 0.299 e. The van der Waals surface area contributed by atoms with E-state index >= 15 is 0 Å². The molecule has 0 atom stereocenters. The predicted octanol–water partition coefficient (Wildman–Crippen LogP) is 1.98. The smallest absolute Gasteiger partial charge is 0.195 e. The quantitative estimate of drug-likeness (QED) is 0.689. The normalized spacial score (nSPS) is 22.0. The van der Waals surface area contributed by atoms with Crippen LogP contribution in [-0.4, -0.2) is 25.8 Å². The summed E-state index contributed by atoms with van der Waals surface area (Å²) in [6.07, 6.45) is 4.30. The SMILES string of the molecule is CCCC1CCN(S(=O)(=O)Cl)CC1. The van der Waals surface area contributed by atoms with Gasteiger partial charge in [-0.2, -0.15) is 12.7 Å². The molecule has 1 rings (SSSR count). The fourth-order valence-corrected chi connectivity index (χ4v) is 2.89. The van der Waals surface area contributed by atoms with Crippen LogP contribution in [-0.2, 0) is 9.24 Å². The van der Waals surface area contributed by atoms with Crippen LogP contribution in [0.5, 0.6) is 0 Å². The van der Waals surface area contributed by atoms with E-state index < -0.39 is 9.24 Å². The first-order chi connectivity index (χ1) is 6.04. The van der Waals surface area contributed by atoms with Crippen LogP contribution in [0.25, 0.3) is 0 Å². The van der Waals surface area contributed by atoms with E-state index in [1.807, 2.05) is 0 Å². The summed E-state index contributed by atoms with van der Waals surface area (Å²) in [5, 5.41) is 0. The molecule has 0 aromatic carbocycles. The molecule has 0 radical (unpaired) electrons. The van der Waals surface area contributed by atoms with Gasteiger partial charge in [0.1, 0.15) is 0 Å². The molecule has 13 heavy (non-hydrogen) atoms. The summed E-state index contributed by atoms with van der Waals surface area (Å²) in [5.74, 6) is 0.694. The van der Waals surface area contributed by atoms with Crippen molar-refractivity contribution in [3.8, 4) is 0 Å². The van der Waals surface area contributed by atoms with Crippen molar-refractivity contribution in [2.45, 2.75) is 32.6 Å². The average molecular weight is 226 g/mol. The molecule has 0 spiro atoms. The first-order valence-corrected chi connectivity index (χ1v) is 7.00. The number of rotatable bonds is 3. The fourth-order valence-electron chi connectivity index (χ4n) is 1.82. The van der Waals surface area contributed by atoms with Gasteiger partial charge in [-0.15, -0.1) is 0 Å². The van der Waals surface area contributed by atoms with Gasteiger partial charge in [0, 0.05) is 23.8 Å². The van der Waals surface area contributed by atoms with Gasteiger partial charge >= 0.3 is 0 Å². The first-order valence-electron chi connectivity index (χ1n) is 4.73. The van der Waals surface area contributed by atoms with Gasteiger partial charge in [-0.25, -0.2) is 0 Å². The molecule has 5 heteroatoms. The lowest BCUT2D eigenvalue weighted by Gasteiger charge is -2.28. The van der Waals surface area contributed by atoms with Crippen molar-refractivity contribution in [1.29, 1.82) is 0 Å². The van der Waals surface area contributed by atoms with E-state index in [1.54, 1.807) is 0 Å². The lowest BCUT2D eigenvalue weighted by atomic mass is 9.94. The van der Waals surface area contributed by atoms with Gasteiger partial charge in [-0.3, -0.25) is 0 Å². The average Bonchev–Trinajstić information content (AvgIpc) is 2.04. The van der Waals surface area contributed by atoms with Gasteiger partial charge in [0.15, 0.2) is 0 Å². The summed E-state index contributed by atoms with van der Waals surface area (Å²) in [6, 6.07) is 0. The second-order valence-corrected chi connectivity index (χ2v) is 6.08. The van der Waals surface area contributed by atoms with E-state index in [0.717, 1.165) is 12.8 Å². The van der Waals surface area contributed by atoms with Crippen LogP contribution in [0.15, 0.2) is 0 Å². The predicted molar refractivity (Wildman–Crippen MR) is 54.0 cm³/mol. The van der Waals surface area contributed by atoms with E-state index in [0.29, 0.717) is 19.0 Å². The van der Waals surface area contributed by atoms with Crippen LogP contribution in [0.1, 0.15) is 32.6 Å². The summed E-state index contributed by atoms with van der Waals surface area (Å²) in [5.41, 5.74) is 0. The number of piperidine rings is 1. The van der Waals surface area contributed by atoms with Crippen LogP contribution in [0.2, 0.25) is 0 Å². The Kier molecular flexibility index (Phi) is 4.01. The minimum absolute atomic E-state index is 0.594. The first kappa shape index (κ1) is 11.3. The Hall–Kier alpha value is 0.200. The lowest BCUT2D eigenvalue weighted by Crippen LogP contribution is -2.35. The zero-order valence-corrected chi connectivity index (χ0v) is 9.44. The highest BCUT2D eigenvalue weighted by Crippen LogP contribution is 2.24. The summed E-state index contributed by atoms with van der Waals surface area (Å²) >= 11 is 0. The number of hydrogen-bond donors (Lipinski definition) is 0. The van der Waals surface area contributed by atoms with Crippen molar-refractivity contribution in [1.82, 2.24) is 4.31 Å². The second kappa shape index (κ2) is 4.62. The minimum Gasteiger partial charge on any atom is -0.195 e. The van der Waals surface area contributed by atoms with Crippen molar-refractivity contribution in [3.63, 3.8) is 0 Å². The monoisotopic (exact) mass is 225 g/mol. The highest BCUT2D eigenvalue weighted by Gasteiger charge is 2.25. The second-order valence-electron chi connectivity index (χ2n) is 3.57. The van der Waals surface area contributed by atoms with Gasteiger partial charge < -0.3 is 0 Å². The molecule has 0 bridgehead atoms. The van der Waals surface area contributed by atoms with E-state index in [2.05, 4.69) is 6.92 Å². The Morgan fingerprint density at radius 3 is 2.31 bits per heavy atom. The molecule has 0 saturated carbocycles. The van der Waals surface area contributed by atoms with Crippen LogP contribution in [0.3, 0.4) is 0 Å². The van der Waals surface area contributed by atoms with Crippen molar-refractivity contribution in [2.24, 2.45) is 5.92 Å². The molecule has 78 valence electrons. The molecule has 0 amide bonds.